The van der Waals surface area contributed by atoms with E-state index in [2.05, 4.69) is 18.9 Å². The highest BCUT2D eigenvalue weighted by Gasteiger charge is 2.40. The Morgan fingerprint density at radius 3 is 2.44 bits per heavy atom. The lowest BCUT2D eigenvalue weighted by Crippen LogP contribution is -2.43. The molecule has 0 radical (unpaired) electrons. The Bertz CT molecular complexity index is 231. The molecule has 0 N–H and O–H groups in total. The minimum atomic E-state index is -0.226. The highest BCUT2D eigenvalue weighted by molar-refractivity contribution is 4.85. The van der Waals surface area contributed by atoms with Crippen molar-refractivity contribution in [3.8, 4) is 0 Å². The van der Waals surface area contributed by atoms with Gasteiger partial charge in [0.25, 0.3) is 0 Å². The van der Waals surface area contributed by atoms with E-state index in [-0.39, 0.29) is 5.79 Å². The molecule has 1 aliphatic heterocycles. The highest BCUT2D eigenvalue weighted by Crippen LogP contribution is 2.36. The third-order valence-corrected chi connectivity index (χ3v) is 4.09. The smallest absolute Gasteiger partial charge is 0.168 e. The number of hydrogen-bond acceptors (Lipinski definition) is 4. The van der Waals surface area contributed by atoms with Crippen molar-refractivity contribution >= 4 is 0 Å². The molecule has 1 saturated heterocycles. The standard InChI is InChI=1S/C14H27NO3/c1-3-9-16-10-8-15(2)13-4-6-14(7-5-13)17-11-12-18-14/h13H,3-12H2,1-2H3. The second-order valence-corrected chi connectivity index (χ2v) is 5.43. The molecule has 0 atom stereocenters. The van der Waals surface area contributed by atoms with Gasteiger partial charge in [-0.1, -0.05) is 6.92 Å². The molecule has 2 fully saturated rings. The molecule has 4 heteroatoms. The van der Waals surface area contributed by atoms with Gasteiger partial charge in [0.2, 0.25) is 0 Å². The van der Waals surface area contributed by atoms with Crippen LogP contribution in [-0.4, -0.2) is 56.7 Å². The maximum absolute atomic E-state index is 5.76. The first kappa shape index (κ1) is 14.3. The molecule has 18 heavy (non-hydrogen) atoms. The molecule has 1 aliphatic carbocycles. The van der Waals surface area contributed by atoms with Crippen LogP contribution in [0.2, 0.25) is 0 Å². The fourth-order valence-electron chi connectivity index (χ4n) is 2.91. The quantitative estimate of drug-likeness (QED) is 0.681. The Hall–Kier alpha value is -0.160. The lowest BCUT2D eigenvalue weighted by atomic mass is 9.89. The van der Waals surface area contributed by atoms with E-state index < -0.39 is 0 Å². The van der Waals surface area contributed by atoms with Gasteiger partial charge in [0.15, 0.2) is 5.79 Å². The summed E-state index contributed by atoms with van der Waals surface area (Å²) in [5, 5.41) is 0. The summed E-state index contributed by atoms with van der Waals surface area (Å²) in [5.41, 5.74) is 0. The Morgan fingerprint density at radius 2 is 1.83 bits per heavy atom. The van der Waals surface area contributed by atoms with Crippen LogP contribution in [0.3, 0.4) is 0 Å². The van der Waals surface area contributed by atoms with Gasteiger partial charge in [-0.3, -0.25) is 0 Å². The van der Waals surface area contributed by atoms with E-state index in [4.69, 9.17) is 14.2 Å². The van der Waals surface area contributed by atoms with Crippen LogP contribution >= 0.6 is 0 Å². The van der Waals surface area contributed by atoms with Crippen molar-refractivity contribution in [3.63, 3.8) is 0 Å². The van der Waals surface area contributed by atoms with Crippen LogP contribution in [0.1, 0.15) is 39.0 Å². The number of ether oxygens (including phenoxy) is 3. The minimum Gasteiger partial charge on any atom is -0.380 e. The normalized spacial score (nSPS) is 24.2. The van der Waals surface area contributed by atoms with Crippen LogP contribution < -0.4 is 0 Å². The predicted molar refractivity (Wildman–Crippen MR) is 70.6 cm³/mol. The summed E-state index contributed by atoms with van der Waals surface area (Å²) in [5.74, 6) is -0.226. The molecule has 1 saturated carbocycles. The SMILES string of the molecule is CCCOCCN(C)C1CCC2(CC1)OCCO2. The molecule has 0 aromatic rings. The van der Waals surface area contributed by atoms with Gasteiger partial charge in [0.05, 0.1) is 19.8 Å². The van der Waals surface area contributed by atoms with Crippen molar-refractivity contribution in [2.24, 2.45) is 0 Å². The fourth-order valence-corrected chi connectivity index (χ4v) is 2.91. The first-order valence-corrected chi connectivity index (χ1v) is 7.32. The largest absolute Gasteiger partial charge is 0.380 e. The van der Waals surface area contributed by atoms with Crippen LogP contribution in [0.15, 0.2) is 0 Å². The van der Waals surface area contributed by atoms with Gasteiger partial charge in [-0.05, 0) is 26.3 Å². The molecule has 1 heterocycles. The van der Waals surface area contributed by atoms with Crippen molar-refractivity contribution < 1.29 is 14.2 Å². The van der Waals surface area contributed by atoms with Crippen LogP contribution in [-0.2, 0) is 14.2 Å². The van der Waals surface area contributed by atoms with Crippen molar-refractivity contribution in [2.45, 2.75) is 50.9 Å². The maximum Gasteiger partial charge on any atom is 0.168 e. The molecule has 1 spiro atoms. The van der Waals surface area contributed by atoms with Gasteiger partial charge in [-0.2, -0.15) is 0 Å². The van der Waals surface area contributed by atoms with E-state index in [1.54, 1.807) is 0 Å². The van der Waals surface area contributed by atoms with Gasteiger partial charge >= 0.3 is 0 Å². The average molecular weight is 257 g/mol. The molecular weight excluding hydrogens is 230 g/mol. The summed E-state index contributed by atoms with van der Waals surface area (Å²) >= 11 is 0. The van der Waals surface area contributed by atoms with Crippen LogP contribution in [0, 0.1) is 0 Å². The second kappa shape index (κ2) is 6.85. The molecule has 0 aromatic carbocycles. The third kappa shape index (κ3) is 3.67. The maximum atomic E-state index is 5.76. The van der Waals surface area contributed by atoms with Gasteiger partial charge in [-0.15, -0.1) is 0 Å². The topological polar surface area (TPSA) is 30.9 Å². The Morgan fingerprint density at radius 1 is 1.17 bits per heavy atom. The Labute approximate surface area is 111 Å². The van der Waals surface area contributed by atoms with Gasteiger partial charge in [0, 0.05) is 32.0 Å². The summed E-state index contributed by atoms with van der Waals surface area (Å²) in [7, 11) is 2.20. The van der Waals surface area contributed by atoms with Crippen molar-refractivity contribution in [1.82, 2.24) is 4.90 Å². The van der Waals surface area contributed by atoms with Gasteiger partial charge in [0.1, 0.15) is 0 Å². The summed E-state index contributed by atoms with van der Waals surface area (Å²) in [6, 6.07) is 0.661. The number of rotatable bonds is 6. The average Bonchev–Trinajstić information content (AvgIpc) is 2.84. The summed E-state index contributed by atoms with van der Waals surface area (Å²) < 4.78 is 17.1. The van der Waals surface area contributed by atoms with E-state index in [1.165, 1.54) is 12.8 Å². The third-order valence-electron chi connectivity index (χ3n) is 4.09. The molecule has 0 unspecified atom stereocenters. The first-order valence-electron chi connectivity index (χ1n) is 7.32. The molecule has 4 nitrogen and oxygen atoms in total. The van der Waals surface area contributed by atoms with Crippen LogP contribution in [0.25, 0.3) is 0 Å². The van der Waals surface area contributed by atoms with E-state index in [0.29, 0.717) is 6.04 Å². The second-order valence-electron chi connectivity index (χ2n) is 5.43. The van der Waals surface area contributed by atoms with Crippen LogP contribution in [0.5, 0.6) is 0 Å². The Kier molecular flexibility index (Phi) is 5.42. The van der Waals surface area contributed by atoms with Crippen LogP contribution in [0.4, 0.5) is 0 Å². The number of likely N-dealkylation sites (N-methyl/N-ethyl adjacent to an activating group) is 1. The molecule has 0 aromatic heterocycles. The highest BCUT2D eigenvalue weighted by atomic mass is 16.7. The predicted octanol–water partition coefficient (Wildman–Crippen LogP) is 2.03. The molecule has 2 aliphatic rings. The molecular formula is C14H27NO3. The number of nitrogens with zero attached hydrogens (tertiary/aromatic N) is 1. The Balaban J connectivity index is 1.65. The molecule has 2 rings (SSSR count). The summed E-state index contributed by atoms with van der Waals surface area (Å²) in [6.07, 6.45) is 5.52. The van der Waals surface area contributed by atoms with Gasteiger partial charge in [-0.25, -0.2) is 0 Å². The number of hydrogen-bond donors (Lipinski definition) is 0. The lowest BCUT2D eigenvalue weighted by molar-refractivity contribution is -0.183. The van der Waals surface area contributed by atoms with E-state index in [9.17, 15) is 0 Å². The van der Waals surface area contributed by atoms with Crippen molar-refractivity contribution in [3.05, 3.63) is 0 Å². The fraction of sp³-hybridized carbons (Fsp3) is 1.00. The summed E-state index contributed by atoms with van der Waals surface area (Å²) in [4.78, 5) is 2.43. The van der Waals surface area contributed by atoms with Crippen molar-refractivity contribution in [1.29, 1.82) is 0 Å². The molecule has 106 valence electrons. The van der Waals surface area contributed by atoms with Gasteiger partial charge < -0.3 is 19.1 Å². The molecule has 0 amide bonds. The zero-order valence-electron chi connectivity index (χ0n) is 11.8. The zero-order chi connectivity index (χ0) is 12.8. The minimum absolute atomic E-state index is 0.226. The van der Waals surface area contributed by atoms with Crippen molar-refractivity contribution in [2.75, 3.05) is 40.0 Å². The first-order chi connectivity index (χ1) is 8.76. The van der Waals surface area contributed by atoms with E-state index >= 15 is 0 Å². The van der Waals surface area contributed by atoms with E-state index in [1.807, 2.05) is 0 Å². The molecule has 0 bridgehead atoms. The zero-order valence-corrected chi connectivity index (χ0v) is 11.8. The lowest BCUT2D eigenvalue weighted by Gasteiger charge is -2.39. The summed E-state index contributed by atoms with van der Waals surface area (Å²) in [6.45, 7) is 6.43. The van der Waals surface area contributed by atoms with E-state index in [0.717, 1.165) is 52.2 Å². The monoisotopic (exact) mass is 257 g/mol.